The first kappa shape index (κ1) is 18.5. The fraction of sp³-hybridized carbons (Fsp3) is 0.500. The number of nitrogens with one attached hydrogen (secondary N) is 1. The van der Waals surface area contributed by atoms with Crippen molar-refractivity contribution < 1.29 is 14.3 Å². The largest absolute Gasteiger partial charge is 0.497 e. The molecule has 0 aliphatic carbocycles. The predicted molar refractivity (Wildman–Crippen MR) is 81.7 cm³/mol. The smallest absolute Gasteiger partial charge is 0.220 e. The van der Waals surface area contributed by atoms with E-state index in [4.69, 9.17) is 15.2 Å². The molecular weight excluding hydrogens is 280 g/mol. The van der Waals surface area contributed by atoms with Crippen molar-refractivity contribution >= 4 is 18.3 Å². The number of hydrogen-bond acceptors (Lipinski definition) is 4. The number of amides is 1. The van der Waals surface area contributed by atoms with Crippen molar-refractivity contribution in [2.75, 3.05) is 26.8 Å². The first-order valence-corrected chi connectivity index (χ1v) is 6.50. The molecule has 0 spiro atoms. The van der Waals surface area contributed by atoms with Crippen LogP contribution in [0.15, 0.2) is 24.3 Å². The van der Waals surface area contributed by atoms with Gasteiger partial charge in [-0.2, -0.15) is 0 Å². The van der Waals surface area contributed by atoms with Gasteiger partial charge in [-0.15, -0.1) is 12.4 Å². The van der Waals surface area contributed by atoms with Crippen LogP contribution in [0.25, 0.3) is 0 Å². The zero-order chi connectivity index (χ0) is 13.9. The summed E-state index contributed by atoms with van der Waals surface area (Å²) in [6.07, 6.45) is 1.99. The van der Waals surface area contributed by atoms with Crippen LogP contribution >= 0.6 is 12.4 Å². The molecular formula is C14H23ClN2O3. The van der Waals surface area contributed by atoms with Gasteiger partial charge < -0.3 is 20.5 Å². The number of halogens is 1. The molecule has 0 aromatic heterocycles. The number of carbonyl (C=O) groups is 1. The van der Waals surface area contributed by atoms with Crippen molar-refractivity contribution in [1.82, 2.24) is 5.32 Å². The van der Waals surface area contributed by atoms with Crippen LogP contribution in [-0.4, -0.2) is 32.7 Å². The predicted octanol–water partition coefficient (Wildman–Crippen LogP) is 1.74. The Morgan fingerprint density at radius 2 is 2.05 bits per heavy atom. The maximum atomic E-state index is 11.3. The Morgan fingerprint density at radius 1 is 1.30 bits per heavy atom. The number of rotatable bonds is 9. The van der Waals surface area contributed by atoms with Crippen molar-refractivity contribution in [1.29, 1.82) is 0 Å². The third-order valence-corrected chi connectivity index (χ3v) is 2.56. The van der Waals surface area contributed by atoms with Gasteiger partial charge in [0.2, 0.25) is 5.91 Å². The van der Waals surface area contributed by atoms with Gasteiger partial charge in [-0.25, -0.2) is 0 Å². The zero-order valence-electron chi connectivity index (χ0n) is 11.8. The number of ether oxygens (including phenoxy) is 2. The third kappa shape index (κ3) is 7.86. The highest BCUT2D eigenvalue weighted by Crippen LogP contribution is 2.18. The van der Waals surface area contributed by atoms with E-state index in [1.807, 2.05) is 24.3 Å². The molecule has 0 radical (unpaired) electrons. The van der Waals surface area contributed by atoms with Gasteiger partial charge in [-0.3, -0.25) is 4.79 Å². The number of nitrogens with two attached hydrogens (primary N) is 1. The van der Waals surface area contributed by atoms with E-state index in [2.05, 4.69) is 5.32 Å². The molecule has 0 bridgehead atoms. The maximum Gasteiger partial charge on any atom is 0.220 e. The molecule has 0 unspecified atom stereocenters. The van der Waals surface area contributed by atoms with Crippen LogP contribution in [0.3, 0.4) is 0 Å². The summed E-state index contributed by atoms with van der Waals surface area (Å²) in [5.74, 6) is 1.59. The summed E-state index contributed by atoms with van der Waals surface area (Å²) in [5, 5.41) is 2.83. The topological polar surface area (TPSA) is 73.6 Å². The molecule has 1 aromatic rings. The second kappa shape index (κ2) is 11.4. The van der Waals surface area contributed by atoms with E-state index < -0.39 is 0 Å². The summed E-state index contributed by atoms with van der Waals surface area (Å²) in [7, 11) is 1.62. The fourth-order valence-electron chi connectivity index (χ4n) is 1.53. The first-order valence-electron chi connectivity index (χ1n) is 6.50. The molecule has 0 aliphatic heterocycles. The molecule has 0 aliphatic rings. The standard InChI is InChI=1S/C14H22N2O3.ClH/c1-18-12-5-2-6-13(11-12)19-10-4-9-16-14(17)7-3-8-15;/h2,5-6,11H,3-4,7-10,15H2,1H3,(H,16,17);1H. The van der Waals surface area contributed by atoms with Gasteiger partial charge in [0.05, 0.1) is 13.7 Å². The number of benzene rings is 1. The summed E-state index contributed by atoms with van der Waals surface area (Å²) >= 11 is 0. The third-order valence-electron chi connectivity index (χ3n) is 2.56. The van der Waals surface area contributed by atoms with Crippen LogP contribution in [0.2, 0.25) is 0 Å². The molecule has 0 atom stereocenters. The molecule has 1 rings (SSSR count). The monoisotopic (exact) mass is 302 g/mol. The lowest BCUT2D eigenvalue weighted by atomic mass is 10.3. The van der Waals surface area contributed by atoms with Gasteiger partial charge in [0.15, 0.2) is 0 Å². The Hall–Kier alpha value is -1.46. The van der Waals surface area contributed by atoms with Crippen LogP contribution in [-0.2, 0) is 4.79 Å². The van der Waals surface area contributed by atoms with Crippen molar-refractivity contribution in [3.63, 3.8) is 0 Å². The fourth-order valence-corrected chi connectivity index (χ4v) is 1.53. The second-order valence-corrected chi connectivity index (χ2v) is 4.12. The van der Waals surface area contributed by atoms with Crippen LogP contribution in [0.1, 0.15) is 19.3 Å². The van der Waals surface area contributed by atoms with Crippen molar-refractivity contribution in [3.8, 4) is 11.5 Å². The zero-order valence-corrected chi connectivity index (χ0v) is 12.6. The summed E-state index contributed by atoms with van der Waals surface area (Å²) < 4.78 is 10.7. The van der Waals surface area contributed by atoms with Gasteiger partial charge in [0.1, 0.15) is 11.5 Å². The first-order chi connectivity index (χ1) is 9.26. The lowest BCUT2D eigenvalue weighted by Gasteiger charge is -2.08. The lowest BCUT2D eigenvalue weighted by Crippen LogP contribution is -2.25. The van der Waals surface area contributed by atoms with Crippen LogP contribution in [0.5, 0.6) is 11.5 Å². The number of methoxy groups -OCH3 is 1. The van der Waals surface area contributed by atoms with Crippen molar-refractivity contribution in [2.45, 2.75) is 19.3 Å². The summed E-state index contributed by atoms with van der Waals surface area (Å²) in [4.78, 5) is 11.3. The van der Waals surface area contributed by atoms with E-state index in [0.717, 1.165) is 24.3 Å². The van der Waals surface area contributed by atoms with Crippen molar-refractivity contribution in [3.05, 3.63) is 24.3 Å². The lowest BCUT2D eigenvalue weighted by molar-refractivity contribution is -0.121. The van der Waals surface area contributed by atoms with E-state index in [1.54, 1.807) is 7.11 Å². The van der Waals surface area contributed by atoms with Crippen molar-refractivity contribution in [2.24, 2.45) is 5.73 Å². The maximum absolute atomic E-state index is 11.3. The SMILES string of the molecule is COc1cccc(OCCCNC(=O)CCCN)c1.Cl. The molecule has 5 nitrogen and oxygen atoms in total. The van der Waals surface area contributed by atoms with Crippen LogP contribution in [0, 0.1) is 0 Å². The summed E-state index contributed by atoms with van der Waals surface area (Å²) in [6, 6.07) is 7.45. The van der Waals surface area contributed by atoms with E-state index >= 15 is 0 Å². The van der Waals surface area contributed by atoms with Gasteiger partial charge in [-0.1, -0.05) is 6.07 Å². The Labute approximate surface area is 126 Å². The Morgan fingerprint density at radius 3 is 2.75 bits per heavy atom. The van der Waals surface area contributed by atoms with E-state index in [1.165, 1.54) is 0 Å². The normalized spacial score (nSPS) is 9.50. The molecule has 114 valence electrons. The van der Waals surface area contributed by atoms with E-state index in [-0.39, 0.29) is 18.3 Å². The Bertz CT molecular complexity index is 388. The highest BCUT2D eigenvalue weighted by atomic mass is 35.5. The van der Waals surface area contributed by atoms with Gasteiger partial charge >= 0.3 is 0 Å². The molecule has 0 saturated carbocycles. The molecule has 20 heavy (non-hydrogen) atoms. The second-order valence-electron chi connectivity index (χ2n) is 4.12. The van der Waals surface area contributed by atoms with Gasteiger partial charge in [-0.05, 0) is 31.5 Å². The molecule has 1 amide bonds. The Kier molecular flexibility index (Phi) is 10.5. The molecule has 3 N–H and O–H groups in total. The minimum Gasteiger partial charge on any atom is -0.497 e. The minimum absolute atomic E-state index is 0. The number of carbonyl (C=O) groups excluding carboxylic acids is 1. The number of hydrogen-bond donors (Lipinski definition) is 2. The quantitative estimate of drug-likeness (QED) is 0.682. The Balaban J connectivity index is 0.00000361. The van der Waals surface area contributed by atoms with E-state index in [0.29, 0.717) is 26.1 Å². The molecule has 0 heterocycles. The molecule has 1 aromatic carbocycles. The van der Waals surface area contributed by atoms with Gasteiger partial charge in [0, 0.05) is 19.0 Å². The highest BCUT2D eigenvalue weighted by Gasteiger charge is 2.00. The average Bonchev–Trinajstić information content (AvgIpc) is 2.45. The average molecular weight is 303 g/mol. The van der Waals surface area contributed by atoms with Crippen LogP contribution in [0.4, 0.5) is 0 Å². The summed E-state index contributed by atoms with van der Waals surface area (Å²) in [6.45, 7) is 1.73. The summed E-state index contributed by atoms with van der Waals surface area (Å²) in [5.41, 5.74) is 5.33. The van der Waals surface area contributed by atoms with Gasteiger partial charge in [0.25, 0.3) is 0 Å². The molecule has 6 heteroatoms. The molecule has 0 fully saturated rings. The highest BCUT2D eigenvalue weighted by molar-refractivity contribution is 5.85. The van der Waals surface area contributed by atoms with E-state index in [9.17, 15) is 4.79 Å². The van der Waals surface area contributed by atoms with Crippen LogP contribution < -0.4 is 20.5 Å². The minimum atomic E-state index is 0. The molecule has 0 saturated heterocycles.